The Labute approximate surface area is 118 Å². The van der Waals surface area contributed by atoms with Gasteiger partial charge in [0.2, 0.25) is 5.91 Å². The molecule has 1 amide bonds. The van der Waals surface area contributed by atoms with Crippen LogP contribution in [0.4, 0.5) is 5.69 Å². The van der Waals surface area contributed by atoms with Gasteiger partial charge in [0.15, 0.2) is 0 Å². The average molecular weight is 282 g/mol. The van der Waals surface area contributed by atoms with Crippen LogP contribution in [0.15, 0.2) is 11.4 Å². The molecule has 1 aromatic rings. The predicted octanol–water partition coefficient (Wildman–Crippen LogP) is 2.61. The SMILES string of the molecule is CC(=O)Nc1ccsc1CNCC1(C)CCOCC1. The maximum Gasteiger partial charge on any atom is 0.221 e. The quantitative estimate of drug-likeness (QED) is 0.873. The number of thiophene rings is 1. The van der Waals surface area contributed by atoms with E-state index in [4.69, 9.17) is 4.74 Å². The molecule has 2 rings (SSSR count). The van der Waals surface area contributed by atoms with Crippen LogP contribution >= 0.6 is 11.3 Å². The molecule has 0 aromatic carbocycles. The first-order valence-electron chi connectivity index (χ1n) is 6.71. The van der Waals surface area contributed by atoms with E-state index in [-0.39, 0.29) is 5.91 Å². The third kappa shape index (κ3) is 4.30. The van der Waals surface area contributed by atoms with Gasteiger partial charge in [-0.05, 0) is 29.7 Å². The largest absolute Gasteiger partial charge is 0.381 e. The van der Waals surface area contributed by atoms with Crippen molar-refractivity contribution < 1.29 is 9.53 Å². The van der Waals surface area contributed by atoms with Crippen molar-refractivity contribution in [3.8, 4) is 0 Å². The molecule has 1 fully saturated rings. The minimum atomic E-state index is -0.0176. The van der Waals surface area contributed by atoms with E-state index in [1.165, 1.54) is 11.8 Å². The number of hydrogen-bond donors (Lipinski definition) is 2. The molecule has 0 bridgehead atoms. The van der Waals surface area contributed by atoms with E-state index in [9.17, 15) is 4.79 Å². The van der Waals surface area contributed by atoms with Crippen molar-refractivity contribution >= 4 is 22.9 Å². The third-order valence-corrected chi connectivity index (χ3v) is 4.51. The molecule has 19 heavy (non-hydrogen) atoms. The van der Waals surface area contributed by atoms with Crippen molar-refractivity contribution in [2.75, 3.05) is 25.1 Å². The van der Waals surface area contributed by atoms with Crippen molar-refractivity contribution in [2.45, 2.75) is 33.2 Å². The molecular weight excluding hydrogens is 260 g/mol. The van der Waals surface area contributed by atoms with Crippen LogP contribution in [-0.4, -0.2) is 25.7 Å². The van der Waals surface area contributed by atoms with Crippen molar-refractivity contribution in [1.29, 1.82) is 0 Å². The fourth-order valence-corrected chi connectivity index (χ4v) is 3.10. The second-order valence-corrected chi connectivity index (χ2v) is 6.47. The molecule has 1 aromatic heterocycles. The maximum atomic E-state index is 11.1. The first kappa shape index (κ1) is 14.5. The van der Waals surface area contributed by atoms with Gasteiger partial charge in [-0.15, -0.1) is 11.3 Å². The van der Waals surface area contributed by atoms with Crippen LogP contribution in [0.5, 0.6) is 0 Å². The Morgan fingerprint density at radius 3 is 2.89 bits per heavy atom. The summed E-state index contributed by atoms with van der Waals surface area (Å²) in [6, 6.07) is 1.96. The van der Waals surface area contributed by atoms with E-state index in [0.717, 1.165) is 44.8 Å². The van der Waals surface area contributed by atoms with Gasteiger partial charge >= 0.3 is 0 Å². The van der Waals surface area contributed by atoms with E-state index in [0.29, 0.717) is 5.41 Å². The summed E-state index contributed by atoms with van der Waals surface area (Å²) in [5, 5.41) is 8.39. The van der Waals surface area contributed by atoms with Crippen molar-refractivity contribution in [1.82, 2.24) is 5.32 Å². The lowest BCUT2D eigenvalue weighted by molar-refractivity contribution is -0.114. The van der Waals surface area contributed by atoms with Crippen LogP contribution in [0.3, 0.4) is 0 Å². The van der Waals surface area contributed by atoms with Gasteiger partial charge in [-0.2, -0.15) is 0 Å². The lowest BCUT2D eigenvalue weighted by atomic mass is 9.82. The summed E-state index contributed by atoms with van der Waals surface area (Å²) in [5.74, 6) is -0.0176. The number of carbonyl (C=O) groups is 1. The number of nitrogens with one attached hydrogen (secondary N) is 2. The number of anilines is 1. The Hall–Kier alpha value is -0.910. The molecule has 5 heteroatoms. The molecule has 2 heterocycles. The smallest absolute Gasteiger partial charge is 0.221 e. The highest BCUT2D eigenvalue weighted by molar-refractivity contribution is 7.10. The molecule has 2 N–H and O–H groups in total. The Balaban J connectivity index is 1.82. The average Bonchev–Trinajstić information content (AvgIpc) is 2.76. The zero-order valence-electron chi connectivity index (χ0n) is 11.6. The molecule has 4 nitrogen and oxygen atoms in total. The molecule has 0 unspecified atom stereocenters. The zero-order chi connectivity index (χ0) is 13.7. The summed E-state index contributed by atoms with van der Waals surface area (Å²) in [6.07, 6.45) is 2.23. The van der Waals surface area contributed by atoms with Crippen LogP contribution in [0.1, 0.15) is 31.6 Å². The van der Waals surface area contributed by atoms with Crippen molar-refractivity contribution in [3.63, 3.8) is 0 Å². The van der Waals surface area contributed by atoms with E-state index in [1.54, 1.807) is 11.3 Å². The van der Waals surface area contributed by atoms with E-state index < -0.39 is 0 Å². The molecular formula is C14H22N2O2S. The highest BCUT2D eigenvalue weighted by atomic mass is 32.1. The Bertz CT molecular complexity index is 425. The summed E-state index contributed by atoms with van der Waals surface area (Å²) in [6.45, 7) is 7.39. The van der Waals surface area contributed by atoms with Gasteiger partial charge in [0.1, 0.15) is 0 Å². The number of ether oxygens (including phenoxy) is 1. The standard InChI is InChI=1S/C14H22N2O2S/c1-11(17)16-12-3-8-19-13(12)9-15-10-14(2)4-6-18-7-5-14/h3,8,15H,4-7,9-10H2,1-2H3,(H,16,17). The predicted molar refractivity (Wildman–Crippen MR) is 78.5 cm³/mol. The van der Waals surface area contributed by atoms with Crippen LogP contribution < -0.4 is 10.6 Å². The summed E-state index contributed by atoms with van der Waals surface area (Å²) in [7, 11) is 0. The number of carbonyl (C=O) groups excluding carboxylic acids is 1. The number of hydrogen-bond acceptors (Lipinski definition) is 4. The first-order valence-corrected chi connectivity index (χ1v) is 7.59. The molecule has 0 spiro atoms. The number of amides is 1. The summed E-state index contributed by atoms with van der Waals surface area (Å²) < 4.78 is 5.41. The van der Waals surface area contributed by atoms with E-state index >= 15 is 0 Å². The van der Waals surface area contributed by atoms with Gasteiger partial charge in [-0.25, -0.2) is 0 Å². The zero-order valence-corrected chi connectivity index (χ0v) is 12.4. The van der Waals surface area contributed by atoms with Gasteiger partial charge in [0.25, 0.3) is 0 Å². The molecule has 106 valence electrons. The normalized spacial score (nSPS) is 18.2. The lowest BCUT2D eigenvalue weighted by Crippen LogP contribution is -2.36. The first-order chi connectivity index (χ1) is 9.09. The minimum absolute atomic E-state index is 0.0176. The molecule has 1 aliphatic rings. The lowest BCUT2D eigenvalue weighted by Gasteiger charge is -2.33. The van der Waals surface area contributed by atoms with Gasteiger partial charge in [-0.1, -0.05) is 6.92 Å². The van der Waals surface area contributed by atoms with Crippen LogP contribution in [-0.2, 0) is 16.1 Å². The van der Waals surface area contributed by atoms with Crippen LogP contribution in [0.2, 0.25) is 0 Å². The Kier molecular flexibility index (Phi) is 4.96. The highest BCUT2D eigenvalue weighted by Crippen LogP contribution is 2.29. The fourth-order valence-electron chi connectivity index (χ4n) is 2.30. The Morgan fingerprint density at radius 1 is 1.47 bits per heavy atom. The Morgan fingerprint density at radius 2 is 2.21 bits per heavy atom. The molecule has 0 saturated carbocycles. The second-order valence-electron chi connectivity index (χ2n) is 5.47. The summed E-state index contributed by atoms with van der Waals surface area (Å²) >= 11 is 1.68. The van der Waals surface area contributed by atoms with Gasteiger partial charge in [-0.3, -0.25) is 4.79 Å². The monoisotopic (exact) mass is 282 g/mol. The second kappa shape index (κ2) is 6.50. The molecule has 0 aliphatic carbocycles. The van der Waals surface area contributed by atoms with Crippen molar-refractivity contribution in [3.05, 3.63) is 16.3 Å². The molecule has 0 atom stereocenters. The number of rotatable bonds is 5. The molecule has 0 radical (unpaired) electrons. The van der Waals surface area contributed by atoms with Gasteiger partial charge < -0.3 is 15.4 Å². The maximum absolute atomic E-state index is 11.1. The van der Waals surface area contributed by atoms with Crippen molar-refractivity contribution in [2.24, 2.45) is 5.41 Å². The fraction of sp³-hybridized carbons (Fsp3) is 0.643. The van der Waals surface area contributed by atoms with Gasteiger partial charge in [0.05, 0.1) is 5.69 Å². The minimum Gasteiger partial charge on any atom is -0.381 e. The van der Waals surface area contributed by atoms with Crippen LogP contribution in [0, 0.1) is 5.41 Å². The third-order valence-electron chi connectivity index (χ3n) is 3.59. The molecule has 1 aliphatic heterocycles. The van der Waals surface area contributed by atoms with E-state index in [2.05, 4.69) is 17.6 Å². The summed E-state index contributed by atoms with van der Waals surface area (Å²) in [4.78, 5) is 12.3. The van der Waals surface area contributed by atoms with Gasteiger partial charge in [0, 0.05) is 38.1 Å². The highest BCUT2D eigenvalue weighted by Gasteiger charge is 2.26. The van der Waals surface area contributed by atoms with Crippen LogP contribution in [0.25, 0.3) is 0 Å². The van der Waals surface area contributed by atoms with E-state index in [1.807, 2.05) is 11.4 Å². The topological polar surface area (TPSA) is 50.4 Å². The molecule has 1 saturated heterocycles. The summed E-state index contributed by atoms with van der Waals surface area (Å²) in [5.41, 5.74) is 1.27.